The fourth-order valence-electron chi connectivity index (χ4n) is 5.08. The van der Waals surface area contributed by atoms with E-state index in [0.717, 1.165) is 44.3 Å². The molecule has 2 aliphatic heterocycles. The molecule has 2 aliphatic rings. The summed E-state index contributed by atoms with van der Waals surface area (Å²) in [5, 5.41) is 3.89. The smallest absolute Gasteiger partial charge is 0.222 e. The molecule has 4 nitrogen and oxygen atoms in total. The van der Waals surface area contributed by atoms with Crippen LogP contribution < -0.4 is 5.32 Å². The Balaban J connectivity index is 1.39. The minimum Gasteiger partial charge on any atom is -0.350 e. The highest BCUT2D eigenvalue weighted by Gasteiger charge is 2.38. The number of nitrogens with zero attached hydrogens (tertiary/aromatic N) is 1. The molecule has 0 spiro atoms. The van der Waals surface area contributed by atoms with E-state index in [4.69, 9.17) is 11.6 Å². The van der Waals surface area contributed by atoms with E-state index in [1.165, 1.54) is 11.1 Å². The van der Waals surface area contributed by atoms with Crippen molar-refractivity contribution in [2.24, 2.45) is 0 Å². The van der Waals surface area contributed by atoms with Crippen LogP contribution in [0.25, 0.3) is 0 Å². The molecule has 0 unspecified atom stereocenters. The second-order valence-electron chi connectivity index (χ2n) is 9.22. The van der Waals surface area contributed by atoms with Crippen LogP contribution in [0.1, 0.15) is 61.1 Å². The first-order valence-corrected chi connectivity index (χ1v) is 11.7. The van der Waals surface area contributed by atoms with Crippen LogP contribution in [0.5, 0.6) is 0 Å². The lowest BCUT2D eigenvalue weighted by Crippen LogP contribution is -2.45. The predicted octanol–water partition coefficient (Wildman–Crippen LogP) is 5.03. The molecule has 2 aromatic carbocycles. The number of aryl methyl sites for hydroxylation is 1. The van der Waals surface area contributed by atoms with Gasteiger partial charge in [0.25, 0.3) is 0 Å². The van der Waals surface area contributed by atoms with Crippen molar-refractivity contribution in [2.75, 3.05) is 13.1 Å². The molecule has 2 amide bonds. The van der Waals surface area contributed by atoms with Gasteiger partial charge in [0, 0.05) is 42.4 Å². The maximum Gasteiger partial charge on any atom is 0.222 e. The largest absolute Gasteiger partial charge is 0.350 e. The Morgan fingerprint density at radius 1 is 1.23 bits per heavy atom. The number of nitrogens with one attached hydrogen (secondary N) is 1. The molecule has 0 bridgehead atoms. The predicted molar refractivity (Wildman–Crippen MR) is 124 cm³/mol. The van der Waals surface area contributed by atoms with Gasteiger partial charge >= 0.3 is 0 Å². The highest BCUT2D eigenvalue weighted by atomic mass is 35.5. The maximum atomic E-state index is 13.1. The fraction of sp³-hybridized carbons (Fsp3) is 0.462. The number of rotatable bonds is 6. The molecule has 2 heterocycles. The molecule has 164 valence electrons. The third-order valence-electron chi connectivity index (χ3n) is 6.80. The van der Waals surface area contributed by atoms with Crippen LogP contribution in [0, 0.1) is 6.92 Å². The Bertz CT molecular complexity index is 943. The molecule has 4 rings (SSSR count). The number of benzene rings is 2. The number of piperidine rings is 1. The maximum absolute atomic E-state index is 13.1. The third-order valence-corrected chi connectivity index (χ3v) is 7.05. The van der Waals surface area contributed by atoms with Crippen LogP contribution in [-0.2, 0) is 16.0 Å². The average Bonchev–Trinajstić information content (AvgIpc) is 3.14. The van der Waals surface area contributed by atoms with Crippen LogP contribution in [0.4, 0.5) is 0 Å². The zero-order chi connectivity index (χ0) is 21.8. The van der Waals surface area contributed by atoms with E-state index in [1.807, 2.05) is 29.2 Å². The van der Waals surface area contributed by atoms with Gasteiger partial charge in [0.05, 0.1) is 0 Å². The molecular weight excluding hydrogens is 408 g/mol. The summed E-state index contributed by atoms with van der Waals surface area (Å²) in [6, 6.07) is 16.4. The van der Waals surface area contributed by atoms with Gasteiger partial charge in [-0.25, -0.2) is 0 Å². The van der Waals surface area contributed by atoms with Gasteiger partial charge in [-0.1, -0.05) is 53.6 Å². The second kappa shape index (κ2) is 9.44. The molecular formula is C26H31ClN2O2. The lowest BCUT2D eigenvalue weighted by Gasteiger charge is -2.35. The molecule has 31 heavy (non-hydrogen) atoms. The molecule has 2 atom stereocenters. The van der Waals surface area contributed by atoms with Crippen LogP contribution in [0.15, 0.2) is 48.5 Å². The molecule has 0 aromatic heterocycles. The second-order valence-corrected chi connectivity index (χ2v) is 9.66. The minimum atomic E-state index is -0.341. The monoisotopic (exact) mass is 438 g/mol. The van der Waals surface area contributed by atoms with Crippen LogP contribution in [0.2, 0.25) is 5.02 Å². The lowest BCUT2D eigenvalue weighted by atomic mass is 9.84. The first kappa shape index (κ1) is 21.9. The van der Waals surface area contributed by atoms with E-state index in [1.54, 1.807) is 0 Å². The number of carbonyl (C=O) groups is 2. The van der Waals surface area contributed by atoms with Gasteiger partial charge in [-0.3, -0.25) is 9.59 Å². The Hall–Kier alpha value is -2.33. The number of carbonyl (C=O) groups excluding carboxylic acids is 2. The van der Waals surface area contributed by atoms with Crippen molar-refractivity contribution >= 4 is 23.4 Å². The van der Waals surface area contributed by atoms with Crippen LogP contribution in [0.3, 0.4) is 0 Å². The van der Waals surface area contributed by atoms with Gasteiger partial charge in [0.1, 0.15) is 0 Å². The number of likely N-dealkylation sites (tertiary alicyclic amines) is 1. The number of amides is 2. The zero-order valence-electron chi connectivity index (χ0n) is 18.2. The topological polar surface area (TPSA) is 49.4 Å². The zero-order valence-corrected chi connectivity index (χ0v) is 19.0. The van der Waals surface area contributed by atoms with Crippen LogP contribution in [-0.4, -0.2) is 35.3 Å². The molecule has 2 fully saturated rings. The van der Waals surface area contributed by atoms with E-state index in [-0.39, 0.29) is 17.4 Å². The Kier molecular flexibility index (Phi) is 6.66. The van der Waals surface area contributed by atoms with E-state index >= 15 is 0 Å². The highest BCUT2D eigenvalue weighted by molar-refractivity contribution is 6.30. The van der Waals surface area contributed by atoms with Gasteiger partial charge in [0.15, 0.2) is 0 Å². The molecule has 1 N–H and O–H groups in total. The minimum absolute atomic E-state index is 0.0823. The van der Waals surface area contributed by atoms with Crippen molar-refractivity contribution in [1.29, 1.82) is 0 Å². The quantitative estimate of drug-likeness (QED) is 0.687. The normalized spacial score (nSPS) is 23.6. The SMILES string of the molecule is Cc1cccc([C@H]2CCCN(C(=O)CC[C@]3(Cc4ccc(Cl)cc4)CCC(=O)N3)C2)c1. The van der Waals surface area contributed by atoms with Gasteiger partial charge < -0.3 is 10.2 Å². The van der Waals surface area contributed by atoms with Crippen molar-refractivity contribution in [3.05, 3.63) is 70.2 Å². The summed E-state index contributed by atoms with van der Waals surface area (Å²) in [4.78, 5) is 27.2. The van der Waals surface area contributed by atoms with Gasteiger partial charge in [-0.2, -0.15) is 0 Å². The first-order valence-electron chi connectivity index (χ1n) is 11.3. The van der Waals surface area contributed by atoms with E-state index in [0.29, 0.717) is 30.2 Å². The summed E-state index contributed by atoms with van der Waals surface area (Å²) in [7, 11) is 0. The van der Waals surface area contributed by atoms with Gasteiger partial charge in [0.2, 0.25) is 11.8 Å². The summed E-state index contributed by atoms with van der Waals surface area (Å²) in [6.07, 6.45) is 5.34. The molecule has 5 heteroatoms. The van der Waals surface area contributed by atoms with E-state index < -0.39 is 0 Å². The average molecular weight is 439 g/mol. The summed E-state index contributed by atoms with van der Waals surface area (Å²) >= 11 is 6.02. The number of halogens is 1. The summed E-state index contributed by atoms with van der Waals surface area (Å²) in [5.74, 6) is 0.694. The summed E-state index contributed by atoms with van der Waals surface area (Å²) < 4.78 is 0. The van der Waals surface area contributed by atoms with Gasteiger partial charge in [-0.15, -0.1) is 0 Å². The van der Waals surface area contributed by atoms with Crippen molar-refractivity contribution in [1.82, 2.24) is 10.2 Å². The Morgan fingerprint density at radius 2 is 2.03 bits per heavy atom. The lowest BCUT2D eigenvalue weighted by molar-refractivity contribution is -0.133. The molecule has 2 aromatic rings. The molecule has 0 radical (unpaired) electrons. The first-order chi connectivity index (χ1) is 14.9. The van der Waals surface area contributed by atoms with Crippen molar-refractivity contribution < 1.29 is 9.59 Å². The number of hydrogen-bond donors (Lipinski definition) is 1. The van der Waals surface area contributed by atoms with Crippen molar-refractivity contribution in [3.8, 4) is 0 Å². The molecule has 0 aliphatic carbocycles. The summed E-state index contributed by atoms with van der Waals surface area (Å²) in [6.45, 7) is 3.74. The Morgan fingerprint density at radius 3 is 2.74 bits per heavy atom. The van der Waals surface area contributed by atoms with E-state index in [9.17, 15) is 9.59 Å². The van der Waals surface area contributed by atoms with Crippen molar-refractivity contribution in [3.63, 3.8) is 0 Å². The number of hydrogen-bond acceptors (Lipinski definition) is 2. The Labute approximate surface area is 190 Å². The molecule has 0 saturated carbocycles. The third kappa shape index (κ3) is 5.48. The fourth-order valence-corrected chi connectivity index (χ4v) is 5.21. The highest BCUT2D eigenvalue weighted by Crippen LogP contribution is 2.32. The molecule has 2 saturated heterocycles. The van der Waals surface area contributed by atoms with E-state index in [2.05, 4.69) is 36.5 Å². The van der Waals surface area contributed by atoms with Crippen molar-refractivity contribution in [2.45, 2.75) is 63.3 Å². The van der Waals surface area contributed by atoms with Gasteiger partial charge in [-0.05, 0) is 62.3 Å². The van der Waals surface area contributed by atoms with Crippen LogP contribution >= 0.6 is 11.6 Å². The summed E-state index contributed by atoms with van der Waals surface area (Å²) in [5.41, 5.74) is 3.39. The standard InChI is InChI=1S/C26H31ClN2O2/c1-19-4-2-5-21(16-19)22-6-3-15-29(18-22)25(31)12-14-26(13-11-24(30)28-26)17-20-7-9-23(27)10-8-20/h2,4-5,7-10,16,22H,3,6,11-15,17-18H2,1H3,(H,28,30)/t22-,26-/m0/s1.